The summed E-state index contributed by atoms with van der Waals surface area (Å²) in [4.78, 5) is 0. The first-order valence-electron chi connectivity index (χ1n) is 9.83. The first-order chi connectivity index (χ1) is 13.1. The van der Waals surface area contributed by atoms with Gasteiger partial charge in [-0.05, 0) is 48.6 Å². The molecule has 148 valence electrons. The van der Waals surface area contributed by atoms with Crippen LogP contribution in [0.4, 0.5) is 5.69 Å². The van der Waals surface area contributed by atoms with Gasteiger partial charge in [0, 0.05) is 13.2 Å². The lowest BCUT2D eigenvalue weighted by Gasteiger charge is -2.23. The van der Waals surface area contributed by atoms with Crippen LogP contribution in [0.1, 0.15) is 39.7 Å². The lowest BCUT2D eigenvalue weighted by Crippen LogP contribution is -2.15. The summed E-state index contributed by atoms with van der Waals surface area (Å²) < 4.78 is 17.0. The molecule has 0 saturated heterocycles. The topological polar surface area (TPSA) is 39.7 Å². The van der Waals surface area contributed by atoms with Crippen LogP contribution in [0.15, 0.2) is 48.5 Å². The summed E-state index contributed by atoms with van der Waals surface area (Å²) in [6.07, 6.45) is 1.11. The van der Waals surface area contributed by atoms with Crippen LogP contribution < -0.4 is 14.8 Å². The average Bonchev–Trinajstić information content (AvgIpc) is 2.70. The first kappa shape index (κ1) is 21.1. The molecule has 0 spiro atoms. The molecule has 27 heavy (non-hydrogen) atoms. The zero-order valence-corrected chi connectivity index (χ0v) is 17.1. The van der Waals surface area contributed by atoms with E-state index in [1.807, 2.05) is 31.2 Å². The molecule has 0 aromatic heterocycles. The third-order valence-corrected chi connectivity index (χ3v) is 4.78. The van der Waals surface area contributed by atoms with Crippen molar-refractivity contribution in [1.82, 2.24) is 0 Å². The van der Waals surface area contributed by atoms with E-state index in [9.17, 15) is 0 Å². The van der Waals surface area contributed by atoms with Gasteiger partial charge >= 0.3 is 0 Å². The van der Waals surface area contributed by atoms with Gasteiger partial charge in [-0.1, -0.05) is 45.0 Å². The maximum atomic E-state index is 5.86. The fourth-order valence-electron chi connectivity index (χ4n) is 2.65. The highest BCUT2D eigenvalue weighted by atomic mass is 16.5. The van der Waals surface area contributed by atoms with Gasteiger partial charge in [0.05, 0.1) is 12.3 Å². The zero-order chi connectivity index (χ0) is 19.5. The molecule has 4 nitrogen and oxygen atoms in total. The summed E-state index contributed by atoms with van der Waals surface area (Å²) in [7, 11) is 0. The molecule has 0 heterocycles. The molecule has 0 atom stereocenters. The first-order valence-corrected chi connectivity index (χ1v) is 9.83. The van der Waals surface area contributed by atoms with Gasteiger partial charge in [-0.3, -0.25) is 0 Å². The summed E-state index contributed by atoms with van der Waals surface area (Å²) in [6, 6.07) is 16.4. The van der Waals surface area contributed by atoms with Crippen LogP contribution in [0.2, 0.25) is 0 Å². The van der Waals surface area contributed by atoms with Gasteiger partial charge in [0.25, 0.3) is 0 Å². The molecule has 0 radical (unpaired) electrons. The third kappa shape index (κ3) is 6.79. The van der Waals surface area contributed by atoms with Crippen LogP contribution in [-0.4, -0.2) is 33.0 Å². The second-order valence-electron chi connectivity index (χ2n) is 7.08. The number of hydrogen-bond donors (Lipinski definition) is 1. The Morgan fingerprint density at radius 1 is 0.852 bits per heavy atom. The van der Waals surface area contributed by atoms with Crippen molar-refractivity contribution in [1.29, 1.82) is 0 Å². The number of rotatable bonds is 12. The van der Waals surface area contributed by atoms with Crippen molar-refractivity contribution in [3.05, 3.63) is 54.1 Å². The fourth-order valence-corrected chi connectivity index (χ4v) is 2.65. The van der Waals surface area contributed by atoms with Crippen molar-refractivity contribution in [3.8, 4) is 11.5 Å². The molecule has 2 rings (SSSR count). The van der Waals surface area contributed by atoms with E-state index < -0.39 is 0 Å². The van der Waals surface area contributed by atoms with E-state index in [1.165, 1.54) is 5.56 Å². The fraction of sp³-hybridized carbons (Fsp3) is 0.478. The van der Waals surface area contributed by atoms with Crippen molar-refractivity contribution in [2.24, 2.45) is 0 Å². The van der Waals surface area contributed by atoms with Gasteiger partial charge in [0.1, 0.15) is 24.7 Å². The minimum Gasteiger partial charge on any atom is -0.492 e. The Balaban J connectivity index is 1.78. The number of benzene rings is 2. The Morgan fingerprint density at radius 2 is 1.59 bits per heavy atom. The standard InChI is InChI=1S/C23H33NO3/c1-5-23(3,4)19-11-13-20(14-12-19)26-16-15-24-21-9-7-8-10-22(21)27-18-17-25-6-2/h7-14,24H,5-6,15-18H2,1-4H3. The number of anilines is 1. The summed E-state index contributed by atoms with van der Waals surface area (Å²) in [5, 5.41) is 3.38. The minimum absolute atomic E-state index is 0.200. The second kappa shape index (κ2) is 10.8. The van der Waals surface area contributed by atoms with E-state index >= 15 is 0 Å². The zero-order valence-electron chi connectivity index (χ0n) is 17.1. The Bertz CT molecular complexity index is 668. The Hall–Kier alpha value is -2.20. The average molecular weight is 372 g/mol. The summed E-state index contributed by atoms with van der Waals surface area (Å²) in [6.45, 7) is 11.9. The highest BCUT2D eigenvalue weighted by molar-refractivity contribution is 5.56. The van der Waals surface area contributed by atoms with Gasteiger partial charge < -0.3 is 19.5 Å². The highest BCUT2D eigenvalue weighted by Crippen LogP contribution is 2.28. The van der Waals surface area contributed by atoms with Crippen LogP contribution in [0.3, 0.4) is 0 Å². The van der Waals surface area contributed by atoms with Crippen LogP contribution in [0.25, 0.3) is 0 Å². The molecule has 4 heteroatoms. The quantitative estimate of drug-likeness (QED) is 0.515. The van der Waals surface area contributed by atoms with E-state index in [4.69, 9.17) is 14.2 Å². The lowest BCUT2D eigenvalue weighted by molar-refractivity contribution is 0.110. The van der Waals surface area contributed by atoms with Crippen molar-refractivity contribution < 1.29 is 14.2 Å². The molecular weight excluding hydrogens is 338 g/mol. The number of ether oxygens (including phenoxy) is 3. The smallest absolute Gasteiger partial charge is 0.142 e. The Labute approximate surface area is 163 Å². The van der Waals surface area contributed by atoms with Crippen molar-refractivity contribution in [2.45, 2.75) is 39.5 Å². The Morgan fingerprint density at radius 3 is 2.30 bits per heavy atom. The molecule has 0 fully saturated rings. The van der Waals surface area contributed by atoms with Crippen molar-refractivity contribution in [3.63, 3.8) is 0 Å². The highest BCUT2D eigenvalue weighted by Gasteiger charge is 2.17. The lowest BCUT2D eigenvalue weighted by atomic mass is 9.82. The molecule has 0 bridgehead atoms. The van der Waals surface area contributed by atoms with Gasteiger partial charge in [-0.15, -0.1) is 0 Å². The SMILES string of the molecule is CCOCCOc1ccccc1NCCOc1ccc(C(C)(C)CC)cc1. The largest absolute Gasteiger partial charge is 0.492 e. The molecule has 2 aromatic rings. The normalized spacial score (nSPS) is 11.3. The number of hydrogen-bond acceptors (Lipinski definition) is 4. The van der Waals surface area contributed by atoms with Crippen molar-refractivity contribution >= 4 is 5.69 Å². The van der Waals surface area contributed by atoms with Gasteiger partial charge in [-0.25, -0.2) is 0 Å². The predicted molar refractivity (Wildman–Crippen MR) is 112 cm³/mol. The van der Waals surface area contributed by atoms with Crippen LogP contribution in [-0.2, 0) is 10.2 Å². The van der Waals surface area contributed by atoms with E-state index in [2.05, 4.69) is 50.4 Å². The van der Waals surface area contributed by atoms with Crippen LogP contribution in [0.5, 0.6) is 11.5 Å². The maximum Gasteiger partial charge on any atom is 0.142 e. The molecule has 0 aliphatic carbocycles. The minimum atomic E-state index is 0.200. The molecule has 1 N–H and O–H groups in total. The van der Waals surface area contributed by atoms with Gasteiger partial charge in [0.15, 0.2) is 0 Å². The van der Waals surface area contributed by atoms with Crippen LogP contribution >= 0.6 is 0 Å². The molecule has 0 aliphatic heterocycles. The second-order valence-corrected chi connectivity index (χ2v) is 7.08. The molecular formula is C23H33NO3. The van der Waals surface area contributed by atoms with E-state index in [1.54, 1.807) is 0 Å². The van der Waals surface area contributed by atoms with Gasteiger partial charge in [-0.2, -0.15) is 0 Å². The molecule has 0 unspecified atom stereocenters. The number of nitrogens with one attached hydrogen (secondary N) is 1. The molecule has 0 saturated carbocycles. The van der Waals surface area contributed by atoms with Crippen LogP contribution in [0, 0.1) is 0 Å². The summed E-state index contributed by atoms with van der Waals surface area (Å²) in [5.41, 5.74) is 2.51. The van der Waals surface area contributed by atoms with Gasteiger partial charge in [0.2, 0.25) is 0 Å². The molecule has 2 aromatic carbocycles. The summed E-state index contributed by atoms with van der Waals surface area (Å²) in [5.74, 6) is 1.73. The molecule has 0 amide bonds. The Kier molecular flexibility index (Phi) is 8.46. The number of para-hydroxylation sites is 2. The van der Waals surface area contributed by atoms with E-state index in [-0.39, 0.29) is 5.41 Å². The monoisotopic (exact) mass is 371 g/mol. The maximum absolute atomic E-state index is 5.86. The molecule has 0 aliphatic rings. The van der Waals surface area contributed by atoms with E-state index in [0.29, 0.717) is 33.0 Å². The predicted octanol–water partition coefficient (Wildman–Crippen LogP) is 5.28. The van der Waals surface area contributed by atoms with E-state index in [0.717, 1.165) is 23.6 Å². The third-order valence-electron chi connectivity index (χ3n) is 4.78. The van der Waals surface area contributed by atoms with Crippen molar-refractivity contribution in [2.75, 3.05) is 38.3 Å². The summed E-state index contributed by atoms with van der Waals surface area (Å²) >= 11 is 0.